The number of phenols is 1. The molecule has 3 rings (SSSR count). The highest BCUT2D eigenvalue weighted by atomic mass is 19.1. The lowest BCUT2D eigenvalue weighted by Crippen LogP contribution is -2.57. The Kier molecular flexibility index (Phi) is 12.3. The van der Waals surface area contributed by atoms with Crippen LogP contribution >= 0.6 is 0 Å². The van der Waals surface area contributed by atoms with Gasteiger partial charge >= 0.3 is 0 Å². The molecule has 6 N–H and O–H groups in total. The van der Waals surface area contributed by atoms with Gasteiger partial charge in [0.15, 0.2) is 0 Å². The number of hydrogen-bond donors (Lipinski definition) is 5. The smallest absolute Gasteiger partial charge is 0.243 e. The minimum atomic E-state index is -0.974. The van der Waals surface area contributed by atoms with Gasteiger partial charge in [-0.2, -0.15) is 0 Å². The number of carbonyl (C=O) groups excluding carboxylic acids is 4. The molecule has 1 heterocycles. The summed E-state index contributed by atoms with van der Waals surface area (Å²) in [4.78, 5) is 54.1. The largest absolute Gasteiger partial charge is 0.508 e. The molecule has 0 aliphatic carbocycles. The highest BCUT2D eigenvalue weighted by molar-refractivity contribution is 5.93. The molecule has 0 aromatic heterocycles. The lowest BCUT2D eigenvalue weighted by atomic mass is 9.84. The van der Waals surface area contributed by atoms with E-state index in [1.54, 1.807) is 24.3 Å². The number of halogens is 1. The number of aromatic hydroxyl groups is 1. The van der Waals surface area contributed by atoms with Gasteiger partial charge in [0.05, 0.1) is 6.04 Å². The number of nitrogens with two attached hydrogens (primary N) is 1. The summed E-state index contributed by atoms with van der Waals surface area (Å²) >= 11 is 0. The molecule has 10 nitrogen and oxygen atoms in total. The number of amides is 4. The molecule has 0 bridgehead atoms. The first-order chi connectivity index (χ1) is 20.8. The van der Waals surface area contributed by atoms with E-state index < -0.39 is 41.7 Å². The summed E-state index contributed by atoms with van der Waals surface area (Å²) in [5.41, 5.74) is 8.03. The molecular formula is C33H46FN5O5. The maximum Gasteiger partial charge on any atom is 0.243 e. The van der Waals surface area contributed by atoms with Crippen molar-refractivity contribution in [1.29, 1.82) is 0 Å². The van der Waals surface area contributed by atoms with Gasteiger partial charge in [-0.1, -0.05) is 45.0 Å². The van der Waals surface area contributed by atoms with Crippen molar-refractivity contribution >= 4 is 23.6 Å². The number of nitrogens with one attached hydrogen (secondary N) is 3. The summed E-state index contributed by atoms with van der Waals surface area (Å²) in [6.07, 6.45) is 2.43. The average Bonchev–Trinajstić information content (AvgIpc) is 2.97. The molecule has 0 radical (unpaired) electrons. The van der Waals surface area contributed by atoms with E-state index in [1.807, 2.05) is 26.8 Å². The molecule has 4 amide bonds. The van der Waals surface area contributed by atoms with Crippen LogP contribution in [0.2, 0.25) is 0 Å². The fourth-order valence-corrected chi connectivity index (χ4v) is 5.26. The quantitative estimate of drug-likeness (QED) is 0.338. The number of nitrogens with zero attached hydrogens (tertiary/aromatic N) is 1. The molecule has 0 saturated carbocycles. The molecule has 240 valence electrons. The zero-order valence-electron chi connectivity index (χ0n) is 26.1. The lowest BCUT2D eigenvalue weighted by molar-refractivity contribution is -0.141. The van der Waals surface area contributed by atoms with Crippen LogP contribution in [0, 0.1) is 5.82 Å². The van der Waals surface area contributed by atoms with Crippen LogP contribution in [0.4, 0.5) is 4.39 Å². The van der Waals surface area contributed by atoms with Crippen molar-refractivity contribution in [2.45, 2.75) is 89.3 Å². The van der Waals surface area contributed by atoms with Gasteiger partial charge in [-0.25, -0.2) is 4.39 Å². The Balaban J connectivity index is 1.86. The van der Waals surface area contributed by atoms with Crippen molar-refractivity contribution in [2.75, 3.05) is 20.1 Å². The highest BCUT2D eigenvalue weighted by Gasteiger charge is 2.32. The van der Waals surface area contributed by atoms with E-state index in [-0.39, 0.29) is 49.3 Å². The molecule has 44 heavy (non-hydrogen) atoms. The number of carbonyl (C=O) groups is 4. The number of rotatable bonds is 6. The Morgan fingerprint density at radius 3 is 2.34 bits per heavy atom. The monoisotopic (exact) mass is 611 g/mol. The highest BCUT2D eigenvalue weighted by Crippen LogP contribution is 2.31. The molecule has 11 heteroatoms. The second-order valence-electron chi connectivity index (χ2n) is 12.5. The normalized spacial score (nSPS) is 19.9. The van der Waals surface area contributed by atoms with Gasteiger partial charge in [-0.3, -0.25) is 19.2 Å². The maximum absolute atomic E-state index is 13.8. The predicted octanol–water partition coefficient (Wildman–Crippen LogP) is 2.45. The molecular weight excluding hydrogens is 565 g/mol. The third-order valence-corrected chi connectivity index (χ3v) is 7.85. The number of likely N-dealkylation sites (N-methyl/N-ethyl adjacent to an activating group) is 1. The van der Waals surface area contributed by atoms with E-state index in [0.717, 1.165) is 5.56 Å². The Morgan fingerprint density at radius 2 is 1.66 bits per heavy atom. The van der Waals surface area contributed by atoms with E-state index in [4.69, 9.17) is 5.73 Å². The Labute approximate surface area is 259 Å². The second-order valence-corrected chi connectivity index (χ2v) is 12.5. The van der Waals surface area contributed by atoms with Gasteiger partial charge < -0.3 is 31.7 Å². The molecule has 0 spiro atoms. The fraction of sp³-hybridized carbons (Fsp3) is 0.515. The maximum atomic E-state index is 13.8. The minimum absolute atomic E-state index is 0.116. The van der Waals surface area contributed by atoms with Crippen molar-refractivity contribution in [1.82, 2.24) is 20.9 Å². The van der Waals surface area contributed by atoms with E-state index in [1.165, 1.54) is 24.1 Å². The Bertz CT molecular complexity index is 1310. The van der Waals surface area contributed by atoms with Crippen LogP contribution in [-0.4, -0.2) is 71.9 Å². The Morgan fingerprint density at radius 1 is 1.00 bits per heavy atom. The minimum Gasteiger partial charge on any atom is -0.508 e. The summed E-state index contributed by atoms with van der Waals surface area (Å²) in [6, 6.07) is 7.97. The van der Waals surface area contributed by atoms with Crippen LogP contribution in [0.3, 0.4) is 0 Å². The van der Waals surface area contributed by atoms with E-state index in [0.29, 0.717) is 36.9 Å². The number of phenolic OH excluding ortho intramolecular Hbond substituents is 1. The summed E-state index contributed by atoms with van der Waals surface area (Å²) < 4.78 is 13.3. The summed E-state index contributed by atoms with van der Waals surface area (Å²) in [7, 11) is 1.51. The topological polar surface area (TPSA) is 154 Å². The first-order valence-electron chi connectivity index (χ1n) is 15.2. The van der Waals surface area contributed by atoms with Crippen molar-refractivity contribution in [3.05, 3.63) is 65.0 Å². The summed E-state index contributed by atoms with van der Waals surface area (Å²) in [5.74, 6) is -1.74. The van der Waals surface area contributed by atoms with Crippen molar-refractivity contribution < 1.29 is 28.7 Å². The molecule has 1 aliphatic heterocycles. The van der Waals surface area contributed by atoms with E-state index in [9.17, 15) is 28.7 Å². The molecule has 1 aliphatic rings. The third-order valence-electron chi connectivity index (χ3n) is 7.85. The van der Waals surface area contributed by atoms with Crippen molar-refractivity contribution in [2.24, 2.45) is 5.73 Å². The molecule has 1 saturated heterocycles. The van der Waals surface area contributed by atoms with Gasteiger partial charge in [0.25, 0.3) is 0 Å². The van der Waals surface area contributed by atoms with Gasteiger partial charge in [0, 0.05) is 33.0 Å². The van der Waals surface area contributed by atoms with Crippen LogP contribution in [0.1, 0.15) is 69.6 Å². The molecule has 3 atom stereocenters. The molecule has 2 aromatic rings. The predicted molar refractivity (Wildman–Crippen MR) is 166 cm³/mol. The summed E-state index contributed by atoms with van der Waals surface area (Å²) in [6.45, 7) is 6.60. The van der Waals surface area contributed by atoms with Crippen molar-refractivity contribution in [3.63, 3.8) is 0 Å². The van der Waals surface area contributed by atoms with Gasteiger partial charge in [-0.15, -0.1) is 0 Å². The standard InChI is InChI=1S/C33H46FN5O5/c1-33(2,3)24-18-22(12-15-28(24)40)20-26-30(42)37-17-7-9-29(41)36-16-6-5-8-27(31(43)38-26)39(4)32(44)25(35)19-21-10-13-23(34)14-11-21/h10-15,18,25-27,40H,5-9,16-17,19-20,35H2,1-4H3,(H,36,41)(H,37,42)(H,38,43)/t25-,26-,27-/m0/s1. The SMILES string of the molecule is CN(C(=O)[C@@H](N)Cc1ccc(F)cc1)[C@H]1CCCCNC(=O)CCCNC(=O)[C@H](Cc2ccc(O)c(C(C)(C)C)c2)NC1=O. The average molecular weight is 612 g/mol. The molecule has 2 aromatic carbocycles. The first kappa shape index (κ1) is 34.5. The van der Waals surface area contributed by atoms with Crippen LogP contribution in [0.5, 0.6) is 5.75 Å². The van der Waals surface area contributed by atoms with E-state index in [2.05, 4.69) is 16.0 Å². The van der Waals surface area contributed by atoms with Crippen molar-refractivity contribution in [3.8, 4) is 5.75 Å². The molecule has 1 fully saturated rings. The summed E-state index contributed by atoms with van der Waals surface area (Å²) in [5, 5.41) is 19.0. The zero-order valence-corrected chi connectivity index (χ0v) is 26.1. The zero-order chi connectivity index (χ0) is 32.4. The molecule has 0 unspecified atom stereocenters. The van der Waals surface area contributed by atoms with E-state index >= 15 is 0 Å². The second kappa shape index (κ2) is 15.7. The number of benzene rings is 2. The first-order valence-corrected chi connectivity index (χ1v) is 15.2. The van der Waals surface area contributed by atoms with Crippen LogP contribution in [0.15, 0.2) is 42.5 Å². The van der Waals surface area contributed by atoms with Crippen LogP contribution in [-0.2, 0) is 37.4 Å². The van der Waals surface area contributed by atoms with Crippen LogP contribution in [0.25, 0.3) is 0 Å². The lowest BCUT2D eigenvalue weighted by Gasteiger charge is -2.31. The fourth-order valence-electron chi connectivity index (χ4n) is 5.26. The number of hydrogen-bond acceptors (Lipinski definition) is 6. The Hall–Kier alpha value is -3.99. The van der Waals surface area contributed by atoms with Crippen LogP contribution < -0.4 is 21.7 Å². The van der Waals surface area contributed by atoms with Gasteiger partial charge in [0.2, 0.25) is 23.6 Å². The van der Waals surface area contributed by atoms with Gasteiger partial charge in [-0.05, 0) is 72.4 Å². The third kappa shape index (κ3) is 10.0. The van der Waals surface area contributed by atoms with Gasteiger partial charge in [0.1, 0.15) is 23.7 Å².